The van der Waals surface area contributed by atoms with Crippen LogP contribution in [0.5, 0.6) is 0 Å². The highest BCUT2D eigenvalue weighted by Gasteiger charge is 2.39. The van der Waals surface area contributed by atoms with Crippen LogP contribution in [0.2, 0.25) is 0 Å². The predicted molar refractivity (Wildman–Crippen MR) is 106 cm³/mol. The van der Waals surface area contributed by atoms with Crippen molar-refractivity contribution < 1.29 is 9.59 Å². The molecule has 1 aromatic heterocycles. The SMILES string of the molecule is Cc1c(C(=O)NCC2(N3CCCCC3)CCCCC2)[nH]c2c1C(=O)CCC2. The van der Waals surface area contributed by atoms with E-state index in [2.05, 4.69) is 15.2 Å². The Bertz CT molecular complexity index is 709. The quantitative estimate of drug-likeness (QED) is 0.847. The number of fused-ring (bicyclic) bond motifs is 1. The fraction of sp³-hybridized carbons (Fsp3) is 0.727. The van der Waals surface area contributed by atoms with Gasteiger partial charge in [-0.05, 0) is 64.1 Å². The molecule has 0 radical (unpaired) electrons. The number of aromatic nitrogens is 1. The molecule has 148 valence electrons. The van der Waals surface area contributed by atoms with Gasteiger partial charge in [-0.25, -0.2) is 0 Å². The van der Waals surface area contributed by atoms with Crippen LogP contribution < -0.4 is 5.32 Å². The van der Waals surface area contributed by atoms with Crippen molar-refractivity contribution in [3.05, 3.63) is 22.5 Å². The van der Waals surface area contributed by atoms with Crippen LogP contribution in [0.4, 0.5) is 0 Å². The van der Waals surface area contributed by atoms with E-state index >= 15 is 0 Å². The van der Waals surface area contributed by atoms with E-state index < -0.39 is 0 Å². The summed E-state index contributed by atoms with van der Waals surface area (Å²) in [6, 6.07) is 0. The second-order valence-corrected chi connectivity index (χ2v) is 8.77. The first-order chi connectivity index (χ1) is 13.1. The molecule has 0 bridgehead atoms. The van der Waals surface area contributed by atoms with Crippen molar-refractivity contribution in [2.24, 2.45) is 0 Å². The third-order valence-corrected chi connectivity index (χ3v) is 7.05. The molecule has 2 aliphatic carbocycles. The van der Waals surface area contributed by atoms with E-state index in [1.54, 1.807) is 0 Å². The summed E-state index contributed by atoms with van der Waals surface area (Å²) < 4.78 is 0. The van der Waals surface area contributed by atoms with Gasteiger partial charge in [-0.15, -0.1) is 0 Å². The zero-order valence-corrected chi connectivity index (χ0v) is 16.7. The standard InChI is InChI=1S/C22H33N3O2/c1-16-19-17(9-8-10-18(19)26)24-20(16)21(27)23-15-22(11-4-2-5-12-22)25-13-6-3-7-14-25/h24H,2-15H2,1H3,(H,23,27). The monoisotopic (exact) mass is 371 g/mol. The summed E-state index contributed by atoms with van der Waals surface area (Å²) in [6.07, 6.45) is 12.4. The van der Waals surface area contributed by atoms with E-state index in [9.17, 15) is 9.59 Å². The normalized spacial score (nSPS) is 23.1. The Morgan fingerprint density at radius 1 is 1.04 bits per heavy atom. The molecule has 2 N–H and O–H groups in total. The van der Waals surface area contributed by atoms with Gasteiger partial charge >= 0.3 is 0 Å². The minimum absolute atomic E-state index is 0.0448. The largest absolute Gasteiger partial charge is 0.354 e. The number of rotatable bonds is 4. The first-order valence-corrected chi connectivity index (χ1v) is 10.9. The number of hydrogen-bond acceptors (Lipinski definition) is 3. The molecule has 0 spiro atoms. The van der Waals surface area contributed by atoms with Gasteiger partial charge in [0.2, 0.25) is 0 Å². The van der Waals surface area contributed by atoms with Crippen LogP contribution in [0.25, 0.3) is 0 Å². The number of nitrogens with one attached hydrogen (secondary N) is 2. The Hall–Kier alpha value is -1.62. The zero-order valence-electron chi connectivity index (χ0n) is 16.7. The highest BCUT2D eigenvalue weighted by Crippen LogP contribution is 2.35. The van der Waals surface area contributed by atoms with Gasteiger partial charge in [0.05, 0.1) is 0 Å². The van der Waals surface area contributed by atoms with Gasteiger partial charge in [0.1, 0.15) is 5.69 Å². The summed E-state index contributed by atoms with van der Waals surface area (Å²) in [5.74, 6) is 0.137. The molecule has 2 fully saturated rings. The molecule has 5 heteroatoms. The maximum atomic E-state index is 13.0. The third kappa shape index (κ3) is 3.58. The summed E-state index contributed by atoms with van der Waals surface area (Å²) in [6.45, 7) is 4.97. The molecule has 0 unspecified atom stereocenters. The number of amides is 1. The maximum absolute atomic E-state index is 13.0. The molecule has 1 saturated carbocycles. The molecule has 0 atom stereocenters. The van der Waals surface area contributed by atoms with E-state index in [0.29, 0.717) is 12.1 Å². The van der Waals surface area contributed by atoms with E-state index in [1.807, 2.05) is 6.92 Å². The number of ketones is 1. The molecular formula is C22H33N3O2. The summed E-state index contributed by atoms with van der Waals surface area (Å²) in [5.41, 5.74) is 3.29. The van der Waals surface area contributed by atoms with Crippen molar-refractivity contribution in [2.45, 2.75) is 83.1 Å². The number of aromatic amines is 1. The Morgan fingerprint density at radius 2 is 1.74 bits per heavy atom. The van der Waals surface area contributed by atoms with Gasteiger partial charge in [0.15, 0.2) is 5.78 Å². The lowest BCUT2D eigenvalue weighted by atomic mass is 9.79. The number of piperidine rings is 1. The van der Waals surface area contributed by atoms with Crippen LogP contribution in [0.1, 0.15) is 96.3 Å². The second kappa shape index (κ2) is 7.78. The molecular weight excluding hydrogens is 338 g/mol. The molecule has 1 amide bonds. The molecule has 3 aliphatic rings. The van der Waals surface area contributed by atoms with Crippen molar-refractivity contribution in [1.82, 2.24) is 15.2 Å². The first-order valence-electron chi connectivity index (χ1n) is 10.9. The third-order valence-electron chi connectivity index (χ3n) is 7.05. The highest BCUT2D eigenvalue weighted by molar-refractivity contribution is 6.04. The number of nitrogens with zero attached hydrogens (tertiary/aromatic N) is 1. The number of H-pyrrole nitrogens is 1. The Kier molecular flexibility index (Phi) is 5.40. The van der Waals surface area contributed by atoms with Crippen molar-refractivity contribution in [3.63, 3.8) is 0 Å². The topological polar surface area (TPSA) is 65.2 Å². The van der Waals surface area contributed by atoms with Gasteiger partial charge < -0.3 is 10.3 Å². The molecule has 27 heavy (non-hydrogen) atoms. The number of Topliss-reactive ketones (excluding diaryl/α,β-unsaturated/α-hetero) is 1. The number of aryl methyl sites for hydroxylation is 1. The van der Waals surface area contributed by atoms with Crippen molar-refractivity contribution >= 4 is 11.7 Å². The lowest BCUT2D eigenvalue weighted by Gasteiger charge is -2.48. The van der Waals surface area contributed by atoms with Gasteiger partial charge in [-0.3, -0.25) is 14.5 Å². The van der Waals surface area contributed by atoms with Crippen molar-refractivity contribution in [3.8, 4) is 0 Å². The molecule has 5 nitrogen and oxygen atoms in total. The van der Waals surface area contributed by atoms with Crippen LogP contribution in [0.15, 0.2) is 0 Å². The first kappa shape index (κ1) is 18.7. The number of hydrogen-bond donors (Lipinski definition) is 2. The molecule has 2 heterocycles. The van der Waals surface area contributed by atoms with Gasteiger partial charge in [-0.1, -0.05) is 25.7 Å². The van der Waals surface area contributed by atoms with Gasteiger partial charge in [0.25, 0.3) is 5.91 Å². The highest BCUT2D eigenvalue weighted by atomic mass is 16.2. The van der Waals surface area contributed by atoms with Crippen molar-refractivity contribution in [1.29, 1.82) is 0 Å². The summed E-state index contributed by atoms with van der Waals surface area (Å²) in [4.78, 5) is 31.2. The Balaban J connectivity index is 1.49. The minimum Gasteiger partial charge on any atom is -0.354 e. The zero-order chi connectivity index (χ0) is 18.9. The van der Waals surface area contributed by atoms with E-state index in [4.69, 9.17) is 0 Å². The van der Waals surface area contributed by atoms with E-state index in [-0.39, 0.29) is 17.2 Å². The van der Waals surface area contributed by atoms with Crippen molar-refractivity contribution in [2.75, 3.05) is 19.6 Å². The predicted octanol–water partition coefficient (Wildman–Crippen LogP) is 3.76. The fourth-order valence-corrected chi connectivity index (χ4v) is 5.52. The molecule has 1 aliphatic heterocycles. The van der Waals surface area contributed by atoms with Crippen LogP contribution in [0, 0.1) is 6.92 Å². The second-order valence-electron chi connectivity index (χ2n) is 8.77. The number of likely N-dealkylation sites (tertiary alicyclic amines) is 1. The van der Waals surface area contributed by atoms with Gasteiger partial charge in [-0.2, -0.15) is 0 Å². The number of carbonyl (C=O) groups excluding carboxylic acids is 2. The molecule has 0 aromatic carbocycles. The molecule has 1 aromatic rings. The molecule has 1 saturated heterocycles. The van der Waals surface area contributed by atoms with E-state index in [0.717, 1.165) is 36.2 Å². The minimum atomic E-state index is -0.0448. The maximum Gasteiger partial charge on any atom is 0.268 e. The Labute approximate surface area is 162 Å². The average Bonchev–Trinajstić information content (AvgIpc) is 3.05. The van der Waals surface area contributed by atoms with Crippen LogP contribution in [-0.4, -0.2) is 46.7 Å². The van der Waals surface area contributed by atoms with Crippen LogP contribution in [-0.2, 0) is 6.42 Å². The van der Waals surface area contributed by atoms with Crippen LogP contribution in [0.3, 0.4) is 0 Å². The smallest absolute Gasteiger partial charge is 0.268 e. The molecule has 4 rings (SSSR count). The summed E-state index contributed by atoms with van der Waals surface area (Å²) >= 11 is 0. The fourth-order valence-electron chi connectivity index (χ4n) is 5.52. The Morgan fingerprint density at radius 3 is 2.44 bits per heavy atom. The summed E-state index contributed by atoms with van der Waals surface area (Å²) in [7, 11) is 0. The van der Waals surface area contributed by atoms with E-state index in [1.165, 1.54) is 64.5 Å². The lowest BCUT2D eigenvalue weighted by molar-refractivity contribution is 0.0326. The summed E-state index contributed by atoms with van der Waals surface area (Å²) in [5, 5.41) is 3.25. The van der Waals surface area contributed by atoms with Gasteiger partial charge in [0, 0.05) is 29.8 Å². The average molecular weight is 372 g/mol. The lowest BCUT2D eigenvalue weighted by Crippen LogP contribution is -2.58. The van der Waals surface area contributed by atoms with Crippen LogP contribution >= 0.6 is 0 Å². The number of carbonyl (C=O) groups is 2.